The molecular weight excluding hydrogens is 447 g/mol. The summed E-state index contributed by atoms with van der Waals surface area (Å²) in [7, 11) is 1.68. The quantitative estimate of drug-likeness (QED) is 0.568. The van der Waals surface area contributed by atoms with Gasteiger partial charge in [0.2, 0.25) is 0 Å². The summed E-state index contributed by atoms with van der Waals surface area (Å²) >= 11 is 1.25. The van der Waals surface area contributed by atoms with Crippen LogP contribution < -0.4 is 15.5 Å². The summed E-state index contributed by atoms with van der Waals surface area (Å²) in [5.74, 6) is -0.904. The Labute approximate surface area is 194 Å². The van der Waals surface area contributed by atoms with Crippen molar-refractivity contribution in [2.24, 2.45) is 0 Å². The molecule has 1 unspecified atom stereocenters. The van der Waals surface area contributed by atoms with Crippen LogP contribution in [0.5, 0.6) is 0 Å². The molecule has 1 aliphatic heterocycles. The largest absolute Gasteiger partial charge is 0.380 e. The average molecular weight is 471 g/mol. The van der Waals surface area contributed by atoms with E-state index in [9.17, 15) is 14.0 Å². The second-order valence-corrected chi connectivity index (χ2v) is 8.89. The minimum atomic E-state index is -0.705. The number of nitrogens with one attached hydrogen (secondary N) is 2. The lowest BCUT2D eigenvalue weighted by Gasteiger charge is -2.17. The van der Waals surface area contributed by atoms with Crippen molar-refractivity contribution >= 4 is 40.5 Å². The highest BCUT2D eigenvalue weighted by Gasteiger charge is 2.23. The molecule has 1 aliphatic rings. The Bertz CT molecular complexity index is 1180. The van der Waals surface area contributed by atoms with Crippen molar-refractivity contribution in [3.8, 4) is 0 Å². The van der Waals surface area contributed by atoms with Gasteiger partial charge in [-0.1, -0.05) is 0 Å². The Kier molecular flexibility index (Phi) is 6.61. The first-order chi connectivity index (χ1) is 15.8. The van der Waals surface area contributed by atoms with Crippen LogP contribution in [0, 0.1) is 19.7 Å². The molecule has 9 nitrogen and oxygen atoms in total. The average Bonchev–Trinajstić information content (AvgIpc) is 3.45. The zero-order chi connectivity index (χ0) is 23.5. The molecular formula is C22H23FN6O3S. The zero-order valence-electron chi connectivity index (χ0n) is 18.4. The molecule has 0 saturated carbocycles. The van der Waals surface area contributed by atoms with Crippen molar-refractivity contribution in [2.45, 2.75) is 26.4 Å². The Balaban J connectivity index is 1.46. The van der Waals surface area contributed by atoms with Crippen LogP contribution >= 0.6 is 11.3 Å². The maximum Gasteiger partial charge on any atom is 0.267 e. The van der Waals surface area contributed by atoms with E-state index < -0.39 is 11.7 Å². The van der Waals surface area contributed by atoms with Crippen molar-refractivity contribution in [1.29, 1.82) is 0 Å². The van der Waals surface area contributed by atoms with Gasteiger partial charge in [-0.3, -0.25) is 9.59 Å². The summed E-state index contributed by atoms with van der Waals surface area (Å²) < 4.78 is 19.9. The van der Waals surface area contributed by atoms with Gasteiger partial charge in [0.25, 0.3) is 11.8 Å². The molecule has 1 aromatic carbocycles. The van der Waals surface area contributed by atoms with E-state index in [1.165, 1.54) is 35.9 Å². The van der Waals surface area contributed by atoms with Gasteiger partial charge in [0, 0.05) is 25.9 Å². The van der Waals surface area contributed by atoms with Gasteiger partial charge in [0.05, 0.1) is 35.3 Å². The Hall–Kier alpha value is -3.44. The van der Waals surface area contributed by atoms with Crippen molar-refractivity contribution in [3.05, 3.63) is 57.6 Å². The van der Waals surface area contributed by atoms with E-state index in [-0.39, 0.29) is 23.4 Å². The molecule has 0 aliphatic carbocycles. The first kappa shape index (κ1) is 22.7. The Morgan fingerprint density at radius 1 is 1.12 bits per heavy atom. The minimum Gasteiger partial charge on any atom is -0.380 e. The van der Waals surface area contributed by atoms with Crippen LogP contribution in [0.4, 0.5) is 21.7 Å². The first-order valence-corrected chi connectivity index (χ1v) is 11.1. The number of anilines is 3. The predicted octanol–water partition coefficient (Wildman–Crippen LogP) is 3.42. The number of ether oxygens (including phenoxy) is 1. The second kappa shape index (κ2) is 9.59. The maximum absolute atomic E-state index is 14.6. The summed E-state index contributed by atoms with van der Waals surface area (Å²) in [4.78, 5) is 40.3. The number of amides is 2. The number of thiazole rings is 1. The number of nitrogens with zero attached hydrogens (tertiary/aromatic N) is 4. The molecule has 172 valence electrons. The number of halogens is 1. The molecule has 2 N–H and O–H groups in total. The van der Waals surface area contributed by atoms with Crippen LogP contribution in [0.25, 0.3) is 0 Å². The third kappa shape index (κ3) is 5.15. The topological polar surface area (TPSA) is 109 Å². The van der Waals surface area contributed by atoms with Gasteiger partial charge in [-0.2, -0.15) is 0 Å². The molecule has 33 heavy (non-hydrogen) atoms. The maximum atomic E-state index is 14.6. The molecule has 2 amide bonds. The van der Waals surface area contributed by atoms with Crippen LogP contribution in [0.15, 0.2) is 30.7 Å². The highest BCUT2D eigenvalue weighted by atomic mass is 32.1. The monoisotopic (exact) mass is 470 g/mol. The zero-order valence-corrected chi connectivity index (χ0v) is 19.2. The van der Waals surface area contributed by atoms with Gasteiger partial charge in [0.15, 0.2) is 5.82 Å². The summed E-state index contributed by atoms with van der Waals surface area (Å²) in [5.41, 5.74) is 0.605. The van der Waals surface area contributed by atoms with E-state index in [0.717, 1.165) is 24.5 Å². The molecule has 0 spiro atoms. The van der Waals surface area contributed by atoms with Gasteiger partial charge < -0.3 is 20.3 Å². The first-order valence-electron chi connectivity index (χ1n) is 10.3. The molecule has 11 heteroatoms. The summed E-state index contributed by atoms with van der Waals surface area (Å²) in [6, 6.07) is 2.51. The second-order valence-electron chi connectivity index (χ2n) is 7.65. The lowest BCUT2D eigenvalue weighted by Crippen LogP contribution is -2.23. The number of hydrogen-bond acceptors (Lipinski definition) is 8. The lowest BCUT2D eigenvalue weighted by molar-refractivity contribution is 0.101. The number of carbonyl (C=O) groups is 2. The molecule has 0 radical (unpaired) electrons. The van der Waals surface area contributed by atoms with Gasteiger partial charge >= 0.3 is 0 Å². The van der Waals surface area contributed by atoms with E-state index in [1.807, 2.05) is 4.90 Å². The van der Waals surface area contributed by atoms with Gasteiger partial charge in [0.1, 0.15) is 16.5 Å². The fourth-order valence-corrected chi connectivity index (χ4v) is 4.17. The Morgan fingerprint density at radius 3 is 2.58 bits per heavy atom. The SMILES string of the molecule is COC1CCN(c2cnc(NC(=O)c3cc(NC(=O)c4cnc(C)s4)c(C)cc3F)cn2)C1. The summed E-state index contributed by atoms with van der Waals surface area (Å²) in [6.45, 7) is 4.98. The fraction of sp³-hybridized carbons (Fsp3) is 0.318. The molecule has 3 aromatic rings. The summed E-state index contributed by atoms with van der Waals surface area (Å²) in [5, 5.41) is 6.03. The molecule has 1 saturated heterocycles. The van der Waals surface area contributed by atoms with Crippen LogP contribution in [0.1, 0.15) is 37.0 Å². The highest BCUT2D eigenvalue weighted by molar-refractivity contribution is 7.13. The molecule has 1 atom stereocenters. The van der Waals surface area contributed by atoms with Gasteiger partial charge in [-0.25, -0.2) is 19.3 Å². The molecule has 0 bridgehead atoms. The van der Waals surface area contributed by atoms with Crippen molar-refractivity contribution in [3.63, 3.8) is 0 Å². The van der Waals surface area contributed by atoms with E-state index in [0.29, 0.717) is 21.9 Å². The third-order valence-corrected chi connectivity index (χ3v) is 6.25. The van der Waals surface area contributed by atoms with Crippen molar-refractivity contribution in [1.82, 2.24) is 15.0 Å². The van der Waals surface area contributed by atoms with Crippen LogP contribution in [0.2, 0.25) is 0 Å². The van der Waals surface area contributed by atoms with E-state index in [4.69, 9.17) is 4.74 Å². The van der Waals surface area contributed by atoms with Gasteiger partial charge in [-0.05, 0) is 38.0 Å². The van der Waals surface area contributed by atoms with E-state index in [2.05, 4.69) is 25.6 Å². The number of benzene rings is 1. The fourth-order valence-electron chi connectivity index (χ4n) is 3.49. The van der Waals surface area contributed by atoms with E-state index >= 15 is 0 Å². The van der Waals surface area contributed by atoms with Crippen LogP contribution in [0.3, 0.4) is 0 Å². The highest BCUT2D eigenvalue weighted by Crippen LogP contribution is 2.24. The predicted molar refractivity (Wildman–Crippen MR) is 124 cm³/mol. The molecule has 4 rings (SSSR count). The van der Waals surface area contributed by atoms with Crippen LogP contribution in [-0.2, 0) is 4.74 Å². The number of rotatable bonds is 6. The van der Waals surface area contributed by atoms with Crippen LogP contribution in [-0.4, -0.2) is 53.1 Å². The lowest BCUT2D eigenvalue weighted by atomic mass is 10.1. The number of hydrogen-bond donors (Lipinski definition) is 2. The van der Waals surface area contributed by atoms with Crippen molar-refractivity contribution in [2.75, 3.05) is 35.7 Å². The third-order valence-electron chi connectivity index (χ3n) is 5.33. The number of methoxy groups -OCH3 is 1. The summed E-state index contributed by atoms with van der Waals surface area (Å²) in [6.07, 6.45) is 5.52. The normalized spacial score (nSPS) is 15.5. The van der Waals surface area contributed by atoms with E-state index in [1.54, 1.807) is 27.2 Å². The number of aromatic nitrogens is 3. The Morgan fingerprint density at radius 2 is 1.94 bits per heavy atom. The van der Waals surface area contributed by atoms with Crippen molar-refractivity contribution < 1.29 is 18.7 Å². The smallest absolute Gasteiger partial charge is 0.267 e. The molecule has 3 heterocycles. The molecule has 1 fully saturated rings. The number of aryl methyl sites for hydroxylation is 2. The van der Waals surface area contributed by atoms with Gasteiger partial charge in [-0.15, -0.1) is 11.3 Å². The number of carbonyl (C=O) groups excluding carboxylic acids is 2. The minimum absolute atomic E-state index is 0.158. The molecule has 2 aromatic heterocycles. The standard InChI is InChI=1S/C22H23FN6O3S/c1-12-6-16(23)15(7-17(12)27-22(31)18-8-24-13(2)33-18)21(30)28-19-9-26-20(10-25-19)29-5-4-14(11-29)32-3/h6-10,14H,4-5,11H2,1-3H3,(H,27,31)(H,25,28,30).